The van der Waals surface area contributed by atoms with E-state index in [2.05, 4.69) is 10.6 Å². The quantitative estimate of drug-likeness (QED) is 0.816. The van der Waals surface area contributed by atoms with Crippen LogP contribution >= 0.6 is 11.3 Å². The van der Waals surface area contributed by atoms with Crippen LogP contribution in [0.15, 0.2) is 24.3 Å². The number of fused-ring (bicyclic) bond motifs is 1. The monoisotopic (exact) mass is 266 g/mol. The van der Waals surface area contributed by atoms with E-state index >= 15 is 0 Å². The van der Waals surface area contributed by atoms with E-state index in [9.17, 15) is 9.18 Å². The summed E-state index contributed by atoms with van der Waals surface area (Å²) in [4.78, 5) is 12.5. The molecule has 3 nitrogen and oxygen atoms in total. The Bertz CT molecular complexity index is 553. The zero-order valence-electron chi connectivity index (χ0n) is 10.1. The van der Waals surface area contributed by atoms with E-state index in [1.807, 2.05) is 7.05 Å². The first-order valence-electron chi connectivity index (χ1n) is 5.82. The fourth-order valence-electron chi connectivity index (χ4n) is 1.67. The molecule has 0 bridgehead atoms. The first-order valence-corrected chi connectivity index (χ1v) is 6.64. The number of benzene rings is 1. The zero-order valence-corrected chi connectivity index (χ0v) is 10.9. The summed E-state index contributed by atoms with van der Waals surface area (Å²) in [6.45, 7) is 1.51. The van der Waals surface area contributed by atoms with Gasteiger partial charge in [-0.1, -0.05) is 6.07 Å². The molecule has 2 rings (SSSR count). The van der Waals surface area contributed by atoms with Gasteiger partial charge in [0.05, 0.1) is 4.88 Å². The van der Waals surface area contributed by atoms with Crippen molar-refractivity contribution in [3.63, 3.8) is 0 Å². The number of amides is 1. The van der Waals surface area contributed by atoms with Crippen LogP contribution in [0.3, 0.4) is 0 Å². The maximum absolute atomic E-state index is 13.0. The van der Waals surface area contributed by atoms with Gasteiger partial charge in [0.15, 0.2) is 0 Å². The minimum absolute atomic E-state index is 0.0901. The summed E-state index contributed by atoms with van der Waals surface area (Å²) in [6, 6.07) is 6.35. The molecule has 96 valence electrons. The Morgan fingerprint density at radius 2 is 2.17 bits per heavy atom. The van der Waals surface area contributed by atoms with Crippen molar-refractivity contribution in [1.29, 1.82) is 0 Å². The van der Waals surface area contributed by atoms with Crippen molar-refractivity contribution in [2.75, 3.05) is 20.1 Å². The van der Waals surface area contributed by atoms with Gasteiger partial charge in [0, 0.05) is 11.2 Å². The minimum atomic E-state index is -0.273. The number of carbonyl (C=O) groups is 1. The predicted molar refractivity (Wildman–Crippen MR) is 72.7 cm³/mol. The van der Waals surface area contributed by atoms with E-state index in [0.29, 0.717) is 11.4 Å². The highest BCUT2D eigenvalue weighted by Gasteiger charge is 2.09. The van der Waals surface area contributed by atoms with Gasteiger partial charge in [-0.05, 0) is 43.6 Å². The van der Waals surface area contributed by atoms with Crippen molar-refractivity contribution >= 4 is 27.3 Å². The Hall–Kier alpha value is -1.46. The molecule has 2 N–H and O–H groups in total. The fourth-order valence-corrected chi connectivity index (χ4v) is 2.68. The fraction of sp³-hybridized carbons (Fsp3) is 0.308. The summed E-state index contributed by atoms with van der Waals surface area (Å²) in [7, 11) is 1.88. The van der Waals surface area contributed by atoms with Gasteiger partial charge in [0.2, 0.25) is 0 Å². The van der Waals surface area contributed by atoms with Gasteiger partial charge < -0.3 is 10.6 Å². The molecule has 0 unspecified atom stereocenters. The Morgan fingerprint density at radius 1 is 1.33 bits per heavy atom. The highest BCUT2D eigenvalue weighted by molar-refractivity contribution is 7.20. The lowest BCUT2D eigenvalue weighted by molar-refractivity contribution is 0.0957. The topological polar surface area (TPSA) is 41.1 Å². The molecule has 2 aromatic rings. The van der Waals surface area contributed by atoms with Crippen LogP contribution in [0.1, 0.15) is 16.1 Å². The predicted octanol–water partition coefficient (Wildman–Crippen LogP) is 2.38. The van der Waals surface area contributed by atoms with E-state index in [1.54, 1.807) is 12.1 Å². The summed E-state index contributed by atoms with van der Waals surface area (Å²) in [5.41, 5.74) is 0. The molecule has 0 atom stereocenters. The molecule has 1 heterocycles. The Kier molecular flexibility index (Phi) is 4.28. The Balaban J connectivity index is 2.04. The van der Waals surface area contributed by atoms with Crippen LogP contribution in [0.4, 0.5) is 4.39 Å². The second-order valence-corrected chi connectivity index (χ2v) is 5.09. The number of thiophene rings is 1. The smallest absolute Gasteiger partial charge is 0.261 e. The van der Waals surface area contributed by atoms with Gasteiger partial charge in [-0.3, -0.25) is 4.79 Å². The molecule has 0 saturated carbocycles. The van der Waals surface area contributed by atoms with Gasteiger partial charge in [-0.2, -0.15) is 0 Å². The number of carbonyl (C=O) groups excluding carboxylic acids is 1. The molecular formula is C13H15FN2OS. The van der Waals surface area contributed by atoms with Crippen LogP contribution in [0, 0.1) is 5.82 Å². The van der Waals surface area contributed by atoms with Gasteiger partial charge in [0.1, 0.15) is 5.82 Å². The van der Waals surface area contributed by atoms with Crippen molar-refractivity contribution < 1.29 is 9.18 Å². The van der Waals surface area contributed by atoms with Crippen LogP contribution in [-0.4, -0.2) is 26.0 Å². The molecule has 0 aliphatic rings. The average Bonchev–Trinajstić information content (AvgIpc) is 2.77. The lowest BCUT2D eigenvalue weighted by Crippen LogP contribution is -2.25. The van der Waals surface area contributed by atoms with Crippen molar-refractivity contribution in [3.8, 4) is 0 Å². The van der Waals surface area contributed by atoms with E-state index in [0.717, 1.165) is 23.1 Å². The summed E-state index contributed by atoms with van der Waals surface area (Å²) < 4.78 is 13.8. The van der Waals surface area contributed by atoms with Crippen molar-refractivity contribution in [1.82, 2.24) is 10.6 Å². The highest BCUT2D eigenvalue weighted by Crippen LogP contribution is 2.26. The second kappa shape index (κ2) is 5.93. The van der Waals surface area contributed by atoms with Crippen LogP contribution in [0.5, 0.6) is 0 Å². The van der Waals surface area contributed by atoms with E-state index in [-0.39, 0.29) is 11.7 Å². The molecule has 18 heavy (non-hydrogen) atoms. The normalized spacial score (nSPS) is 10.8. The molecule has 0 fully saturated rings. The summed E-state index contributed by atoms with van der Waals surface area (Å²) in [5, 5.41) is 6.77. The zero-order chi connectivity index (χ0) is 13.0. The van der Waals surface area contributed by atoms with Gasteiger partial charge >= 0.3 is 0 Å². The number of nitrogens with one attached hydrogen (secondary N) is 2. The molecule has 1 aromatic heterocycles. The molecule has 0 spiro atoms. The van der Waals surface area contributed by atoms with Crippen molar-refractivity contribution in [2.45, 2.75) is 6.42 Å². The van der Waals surface area contributed by atoms with Crippen molar-refractivity contribution in [2.24, 2.45) is 0 Å². The second-order valence-electron chi connectivity index (χ2n) is 4.01. The molecule has 0 aliphatic heterocycles. The third-order valence-electron chi connectivity index (χ3n) is 2.60. The third kappa shape index (κ3) is 3.05. The number of hydrogen-bond donors (Lipinski definition) is 2. The lowest BCUT2D eigenvalue weighted by atomic mass is 10.2. The average molecular weight is 266 g/mol. The molecular weight excluding hydrogens is 251 g/mol. The Morgan fingerprint density at radius 3 is 2.94 bits per heavy atom. The third-order valence-corrected chi connectivity index (χ3v) is 3.69. The Labute approximate surface area is 109 Å². The van der Waals surface area contributed by atoms with E-state index in [4.69, 9.17) is 0 Å². The maximum Gasteiger partial charge on any atom is 0.261 e. The molecule has 1 amide bonds. The maximum atomic E-state index is 13.0. The van der Waals surface area contributed by atoms with Gasteiger partial charge in [-0.25, -0.2) is 4.39 Å². The van der Waals surface area contributed by atoms with E-state index in [1.165, 1.54) is 23.5 Å². The number of hydrogen-bond acceptors (Lipinski definition) is 3. The summed E-state index contributed by atoms with van der Waals surface area (Å²) in [5.74, 6) is -0.363. The first-order chi connectivity index (χ1) is 8.70. The summed E-state index contributed by atoms with van der Waals surface area (Å²) in [6.07, 6.45) is 0.891. The van der Waals surface area contributed by atoms with Crippen LogP contribution in [0.25, 0.3) is 10.1 Å². The molecule has 0 radical (unpaired) electrons. The molecule has 1 aromatic carbocycles. The van der Waals surface area contributed by atoms with Crippen LogP contribution < -0.4 is 10.6 Å². The lowest BCUT2D eigenvalue weighted by Gasteiger charge is -2.02. The van der Waals surface area contributed by atoms with Crippen LogP contribution in [-0.2, 0) is 0 Å². The minimum Gasteiger partial charge on any atom is -0.351 e. The molecule has 0 saturated heterocycles. The van der Waals surface area contributed by atoms with Crippen molar-refractivity contribution in [3.05, 3.63) is 35.0 Å². The van der Waals surface area contributed by atoms with Crippen LogP contribution in [0.2, 0.25) is 0 Å². The van der Waals surface area contributed by atoms with E-state index < -0.39 is 0 Å². The SMILES string of the molecule is CNCCCNC(=O)c1cc2ccc(F)cc2s1. The largest absolute Gasteiger partial charge is 0.351 e. The standard InChI is InChI=1S/C13H15FN2OS/c1-15-5-2-6-16-13(17)12-7-9-3-4-10(14)8-11(9)18-12/h3-4,7-8,15H,2,5-6H2,1H3,(H,16,17). The highest BCUT2D eigenvalue weighted by atomic mass is 32.1. The summed E-state index contributed by atoms with van der Waals surface area (Å²) >= 11 is 1.32. The first kappa shape index (κ1) is 13.0. The molecule has 0 aliphatic carbocycles. The molecule has 5 heteroatoms. The number of halogens is 1. The van der Waals surface area contributed by atoms with Gasteiger partial charge in [0.25, 0.3) is 5.91 Å². The number of rotatable bonds is 5. The van der Waals surface area contributed by atoms with Gasteiger partial charge in [-0.15, -0.1) is 11.3 Å².